The zero-order chi connectivity index (χ0) is 31.3. The van der Waals surface area contributed by atoms with Crippen molar-refractivity contribution < 1.29 is 4.42 Å². The largest absolute Gasteiger partial charge is 0.454 e. The minimum atomic E-state index is -0.149. The minimum Gasteiger partial charge on any atom is -0.454 e. The molecule has 0 amide bonds. The third kappa shape index (κ3) is 3.11. The molecule has 222 valence electrons. The summed E-state index contributed by atoms with van der Waals surface area (Å²) in [5.41, 5.74) is 16.0. The van der Waals surface area contributed by atoms with Crippen LogP contribution in [0.2, 0.25) is 10.0 Å². The third-order valence-electron chi connectivity index (χ3n) is 10.9. The molecule has 0 saturated carbocycles. The molecule has 2 aliphatic heterocycles. The van der Waals surface area contributed by atoms with E-state index < -0.39 is 0 Å². The van der Waals surface area contributed by atoms with E-state index in [1.807, 2.05) is 18.2 Å². The van der Waals surface area contributed by atoms with E-state index >= 15 is 0 Å². The SMILES string of the molecule is CC1(C)c2ccccc2-c2c1c1cccc3c1n2-c1cc(Cl)cc2c1B3c1ccc(Cl)cc1N2c1cccc2c1oc1ccccc12. The molecule has 0 radical (unpaired) electrons. The minimum absolute atomic E-state index is 0.000224. The van der Waals surface area contributed by atoms with Gasteiger partial charge in [0.05, 0.1) is 11.4 Å². The van der Waals surface area contributed by atoms with Crippen LogP contribution in [0.4, 0.5) is 17.1 Å². The lowest BCUT2D eigenvalue weighted by Gasteiger charge is -2.40. The molecular formula is C41H25BCl2N2O. The van der Waals surface area contributed by atoms with Gasteiger partial charge in [0, 0.05) is 59.8 Å². The number of nitrogens with zero attached hydrogens (tertiary/aromatic N) is 2. The van der Waals surface area contributed by atoms with Gasteiger partial charge in [-0.1, -0.05) is 116 Å². The van der Waals surface area contributed by atoms with Crippen molar-refractivity contribution in [1.82, 2.24) is 4.57 Å². The van der Waals surface area contributed by atoms with Gasteiger partial charge in [0.15, 0.2) is 5.58 Å². The fraction of sp³-hybridized carbons (Fsp3) is 0.0732. The molecule has 6 heteroatoms. The third-order valence-corrected chi connectivity index (χ3v) is 11.3. The second kappa shape index (κ2) is 8.71. The van der Waals surface area contributed by atoms with E-state index in [9.17, 15) is 0 Å². The van der Waals surface area contributed by atoms with E-state index in [4.69, 9.17) is 27.6 Å². The van der Waals surface area contributed by atoms with Crippen LogP contribution in [0, 0.1) is 0 Å². The van der Waals surface area contributed by atoms with Crippen LogP contribution in [-0.4, -0.2) is 11.3 Å². The van der Waals surface area contributed by atoms with Crippen LogP contribution in [0.5, 0.6) is 0 Å². The highest BCUT2D eigenvalue weighted by molar-refractivity contribution is 7.00. The van der Waals surface area contributed by atoms with Crippen LogP contribution >= 0.6 is 23.2 Å². The quantitative estimate of drug-likeness (QED) is 0.166. The molecule has 1 aliphatic carbocycles. The number of hydrogen-bond acceptors (Lipinski definition) is 2. The van der Waals surface area contributed by atoms with Crippen molar-refractivity contribution in [2.75, 3.05) is 4.90 Å². The van der Waals surface area contributed by atoms with E-state index in [1.165, 1.54) is 49.7 Å². The predicted molar refractivity (Wildman–Crippen MR) is 197 cm³/mol. The maximum atomic E-state index is 7.17. The summed E-state index contributed by atoms with van der Waals surface area (Å²) in [6, 6.07) is 41.0. The first-order valence-corrected chi connectivity index (χ1v) is 16.8. The molecule has 3 nitrogen and oxygen atoms in total. The van der Waals surface area contributed by atoms with E-state index in [0.29, 0.717) is 10.0 Å². The topological polar surface area (TPSA) is 21.3 Å². The van der Waals surface area contributed by atoms with Crippen molar-refractivity contribution in [1.29, 1.82) is 0 Å². The van der Waals surface area contributed by atoms with Gasteiger partial charge in [-0.15, -0.1) is 0 Å². The molecule has 6 aromatic carbocycles. The molecule has 0 unspecified atom stereocenters. The number of rotatable bonds is 1. The summed E-state index contributed by atoms with van der Waals surface area (Å²) in [5, 5.41) is 4.85. The number of halogens is 2. The van der Waals surface area contributed by atoms with Crippen LogP contribution in [-0.2, 0) is 5.41 Å². The number of hydrogen-bond donors (Lipinski definition) is 0. The molecule has 8 aromatic rings. The van der Waals surface area contributed by atoms with Gasteiger partial charge in [-0.2, -0.15) is 0 Å². The van der Waals surface area contributed by atoms with Crippen molar-refractivity contribution in [2.24, 2.45) is 0 Å². The molecule has 3 aliphatic rings. The Kier molecular flexibility index (Phi) is 4.86. The molecule has 0 fully saturated rings. The maximum Gasteiger partial charge on any atom is 0.252 e. The van der Waals surface area contributed by atoms with Crippen molar-refractivity contribution in [3.63, 3.8) is 0 Å². The summed E-state index contributed by atoms with van der Waals surface area (Å²) in [5.74, 6) is 0. The van der Waals surface area contributed by atoms with Gasteiger partial charge >= 0.3 is 0 Å². The van der Waals surface area contributed by atoms with Crippen LogP contribution in [0.1, 0.15) is 25.0 Å². The molecule has 0 spiro atoms. The number of furan rings is 1. The molecule has 0 bridgehead atoms. The molecule has 0 saturated heterocycles. The summed E-state index contributed by atoms with van der Waals surface area (Å²) in [7, 11) is 0. The first-order valence-electron chi connectivity index (χ1n) is 16.0. The summed E-state index contributed by atoms with van der Waals surface area (Å²) in [6.07, 6.45) is 0. The Morgan fingerprint density at radius 3 is 2.30 bits per heavy atom. The Morgan fingerprint density at radius 2 is 1.38 bits per heavy atom. The van der Waals surface area contributed by atoms with Crippen LogP contribution in [0.25, 0.3) is 49.8 Å². The van der Waals surface area contributed by atoms with E-state index in [0.717, 1.165) is 44.7 Å². The highest BCUT2D eigenvalue weighted by Gasteiger charge is 2.47. The monoisotopic (exact) mass is 642 g/mol. The van der Waals surface area contributed by atoms with Crippen molar-refractivity contribution >= 4 is 96.2 Å². The zero-order valence-electron chi connectivity index (χ0n) is 25.6. The zero-order valence-corrected chi connectivity index (χ0v) is 27.1. The number of para-hydroxylation sites is 3. The average Bonchev–Trinajstić information content (AvgIpc) is 3.71. The number of anilines is 3. The summed E-state index contributed by atoms with van der Waals surface area (Å²) in [6.45, 7) is 4.72. The fourth-order valence-corrected chi connectivity index (χ4v) is 9.45. The average molecular weight is 643 g/mol. The lowest BCUT2D eigenvalue weighted by Crippen LogP contribution is -2.60. The molecule has 0 N–H and O–H groups in total. The molecule has 4 heterocycles. The predicted octanol–water partition coefficient (Wildman–Crippen LogP) is 9.76. The van der Waals surface area contributed by atoms with Crippen LogP contribution < -0.4 is 21.3 Å². The molecule has 11 rings (SSSR count). The van der Waals surface area contributed by atoms with Gasteiger partial charge < -0.3 is 13.9 Å². The lowest BCUT2D eigenvalue weighted by atomic mass is 9.34. The Balaban J connectivity index is 1.31. The summed E-state index contributed by atoms with van der Waals surface area (Å²) >= 11 is 14.0. The maximum absolute atomic E-state index is 7.17. The van der Waals surface area contributed by atoms with Gasteiger partial charge in [-0.05, 0) is 63.9 Å². The van der Waals surface area contributed by atoms with Crippen molar-refractivity contribution in [2.45, 2.75) is 19.3 Å². The van der Waals surface area contributed by atoms with Gasteiger partial charge in [0.1, 0.15) is 5.58 Å². The molecule has 0 atom stereocenters. The van der Waals surface area contributed by atoms with E-state index in [-0.39, 0.29) is 12.1 Å². The Hall–Kier alpha value is -4.90. The van der Waals surface area contributed by atoms with E-state index in [1.54, 1.807) is 0 Å². The fourth-order valence-electron chi connectivity index (χ4n) is 9.08. The first kappa shape index (κ1) is 26.2. The molecular weight excluding hydrogens is 618 g/mol. The second-order valence-corrected chi connectivity index (χ2v) is 14.4. The summed E-state index contributed by atoms with van der Waals surface area (Å²) in [4.78, 5) is 2.32. The van der Waals surface area contributed by atoms with Gasteiger partial charge in [0.2, 0.25) is 0 Å². The van der Waals surface area contributed by atoms with Gasteiger partial charge in [0.25, 0.3) is 6.71 Å². The van der Waals surface area contributed by atoms with E-state index in [2.05, 4.69) is 120 Å². The standard InChI is InChI=1S/C41H25BCl2N2O/c1-41(2)28-13-5-3-10-26(28)39-36(41)27-12-7-14-30-38(27)46(39)34-21-23(44)20-33-37(34)42(30)29-18-17-22(43)19-32(29)45(33)31-15-8-11-25-24-9-4-6-16-35(24)47-40(25)31/h3-21H,1-2H3. The molecule has 47 heavy (non-hydrogen) atoms. The van der Waals surface area contributed by atoms with Crippen LogP contribution in [0.3, 0.4) is 0 Å². The Labute approximate surface area is 281 Å². The highest BCUT2D eigenvalue weighted by atomic mass is 35.5. The lowest BCUT2D eigenvalue weighted by molar-refractivity contribution is 0.666. The van der Waals surface area contributed by atoms with Crippen LogP contribution in [0.15, 0.2) is 120 Å². The molecule has 2 aromatic heterocycles. The van der Waals surface area contributed by atoms with Gasteiger partial charge in [-0.25, -0.2) is 0 Å². The summed E-state index contributed by atoms with van der Waals surface area (Å²) < 4.78 is 9.13. The second-order valence-electron chi connectivity index (χ2n) is 13.6. The Bertz CT molecular complexity index is 2720. The number of benzene rings is 6. The Morgan fingerprint density at radius 1 is 0.638 bits per heavy atom. The highest BCUT2D eigenvalue weighted by Crippen LogP contribution is 2.55. The number of fused-ring (bicyclic) bond motifs is 12. The first-order chi connectivity index (χ1) is 22.9. The smallest absolute Gasteiger partial charge is 0.252 e. The van der Waals surface area contributed by atoms with Crippen molar-refractivity contribution in [3.05, 3.63) is 136 Å². The normalized spacial score (nSPS) is 14.9. The van der Waals surface area contributed by atoms with Gasteiger partial charge in [-0.3, -0.25) is 0 Å². The number of aromatic nitrogens is 1. The van der Waals surface area contributed by atoms with Crippen molar-refractivity contribution in [3.8, 4) is 16.9 Å².